The zero-order chi connectivity index (χ0) is 20.9. The quantitative estimate of drug-likeness (QED) is 0.535. The van der Waals surface area contributed by atoms with Gasteiger partial charge in [-0.15, -0.1) is 11.3 Å². The Kier molecular flexibility index (Phi) is 6.82. The number of anilines is 1. The van der Waals surface area contributed by atoms with Crippen LogP contribution in [-0.4, -0.2) is 60.9 Å². The minimum absolute atomic E-state index is 0.672. The van der Waals surface area contributed by atoms with Crippen LogP contribution in [0.3, 0.4) is 0 Å². The molecule has 0 amide bonds. The molecule has 1 aromatic carbocycles. The van der Waals surface area contributed by atoms with Crippen LogP contribution >= 0.6 is 11.3 Å². The van der Waals surface area contributed by atoms with E-state index in [1.54, 1.807) is 11.3 Å². The molecule has 7 heteroatoms. The van der Waals surface area contributed by atoms with Gasteiger partial charge in [-0.1, -0.05) is 12.1 Å². The first-order valence-corrected chi connectivity index (χ1v) is 11.5. The number of hydrogen-bond acceptors (Lipinski definition) is 7. The molecular formula is C23H30N4O2S. The van der Waals surface area contributed by atoms with Crippen molar-refractivity contribution in [2.24, 2.45) is 0 Å². The second-order valence-electron chi connectivity index (χ2n) is 7.52. The number of fused-ring (bicyclic) bond motifs is 1. The van der Waals surface area contributed by atoms with Crippen LogP contribution in [0.2, 0.25) is 0 Å². The lowest BCUT2D eigenvalue weighted by molar-refractivity contribution is 0.0378. The van der Waals surface area contributed by atoms with Crippen LogP contribution in [0.5, 0.6) is 5.75 Å². The smallest absolute Gasteiger partial charge is 0.139 e. The Morgan fingerprint density at radius 2 is 1.90 bits per heavy atom. The van der Waals surface area contributed by atoms with Gasteiger partial charge in [0.2, 0.25) is 0 Å². The Bertz CT molecular complexity index is 981. The monoisotopic (exact) mass is 426 g/mol. The maximum absolute atomic E-state index is 5.60. The fourth-order valence-corrected chi connectivity index (χ4v) is 5.00. The van der Waals surface area contributed by atoms with Gasteiger partial charge in [0.25, 0.3) is 0 Å². The van der Waals surface area contributed by atoms with Crippen molar-refractivity contribution in [3.8, 4) is 16.9 Å². The molecule has 0 aliphatic carbocycles. The molecular weight excluding hydrogens is 396 g/mol. The zero-order valence-electron chi connectivity index (χ0n) is 18.0. The van der Waals surface area contributed by atoms with Crippen molar-refractivity contribution in [3.05, 3.63) is 35.0 Å². The molecule has 0 saturated carbocycles. The SMILES string of the molecule is CCOc1ccc(-c2c(C)sc3nc(C)nc(NCCCN4CCOCC4)c23)cc1. The highest BCUT2D eigenvalue weighted by Gasteiger charge is 2.18. The Morgan fingerprint density at radius 3 is 2.63 bits per heavy atom. The van der Waals surface area contributed by atoms with E-state index in [2.05, 4.69) is 29.3 Å². The Balaban J connectivity index is 1.56. The molecule has 3 aromatic rings. The predicted molar refractivity (Wildman–Crippen MR) is 124 cm³/mol. The minimum atomic E-state index is 0.672. The summed E-state index contributed by atoms with van der Waals surface area (Å²) < 4.78 is 11.0. The number of ether oxygens (including phenoxy) is 2. The molecule has 2 aromatic heterocycles. The maximum Gasteiger partial charge on any atom is 0.139 e. The van der Waals surface area contributed by atoms with Gasteiger partial charge in [0, 0.05) is 30.1 Å². The molecule has 1 fully saturated rings. The highest BCUT2D eigenvalue weighted by atomic mass is 32.1. The molecule has 1 saturated heterocycles. The maximum atomic E-state index is 5.60. The number of aromatic nitrogens is 2. The van der Waals surface area contributed by atoms with Crippen molar-refractivity contribution in [3.63, 3.8) is 0 Å². The molecule has 30 heavy (non-hydrogen) atoms. The molecule has 1 aliphatic heterocycles. The van der Waals surface area contributed by atoms with E-state index in [1.807, 2.05) is 26.0 Å². The molecule has 160 valence electrons. The normalized spacial score (nSPS) is 14.9. The first-order valence-electron chi connectivity index (χ1n) is 10.7. The third-order valence-electron chi connectivity index (χ3n) is 5.34. The lowest BCUT2D eigenvalue weighted by Gasteiger charge is -2.26. The number of nitrogens with zero attached hydrogens (tertiary/aromatic N) is 3. The topological polar surface area (TPSA) is 59.5 Å². The summed E-state index contributed by atoms with van der Waals surface area (Å²) in [5.74, 6) is 2.64. The second-order valence-corrected chi connectivity index (χ2v) is 8.73. The molecule has 1 aliphatic rings. The molecule has 0 atom stereocenters. The van der Waals surface area contributed by atoms with Gasteiger partial charge in [-0.25, -0.2) is 9.97 Å². The van der Waals surface area contributed by atoms with Gasteiger partial charge in [0.05, 0.1) is 25.2 Å². The molecule has 0 bridgehead atoms. The van der Waals surface area contributed by atoms with Crippen molar-refractivity contribution < 1.29 is 9.47 Å². The second kappa shape index (κ2) is 9.73. The molecule has 3 heterocycles. The van der Waals surface area contributed by atoms with Gasteiger partial charge in [-0.2, -0.15) is 0 Å². The van der Waals surface area contributed by atoms with Crippen LogP contribution < -0.4 is 10.1 Å². The summed E-state index contributed by atoms with van der Waals surface area (Å²) in [4.78, 5) is 14.2. The molecule has 0 spiro atoms. The number of thiophene rings is 1. The number of nitrogens with one attached hydrogen (secondary N) is 1. The van der Waals surface area contributed by atoms with Crippen molar-refractivity contribution in [1.29, 1.82) is 0 Å². The lowest BCUT2D eigenvalue weighted by Crippen LogP contribution is -2.37. The summed E-state index contributed by atoms with van der Waals surface area (Å²) in [6.07, 6.45) is 1.08. The first kappa shape index (κ1) is 21.0. The molecule has 0 radical (unpaired) electrons. The van der Waals surface area contributed by atoms with E-state index >= 15 is 0 Å². The number of benzene rings is 1. The summed E-state index contributed by atoms with van der Waals surface area (Å²) in [5, 5.41) is 4.72. The van der Waals surface area contributed by atoms with Gasteiger partial charge in [0.15, 0.2) is 0 Å². The molecule has 1 N–H and O–H groups in total. The number of morpholine rings is 1. The van der Waals surface area contributed by atoms with Crippen LogP contribution in [-0.2, 0) is 4.74 Å². The van der Waals surface area contributed by atoms with E-state index in [0.717, 1.165) is 73.4 Å². The van der Waals surface area contributed by atoms with Crippen LogP contribution in [0.15, 0.2) is 24.3 Å². The summed E-state index contributed by atoms with van der Waals surface area (Å²) in [5.41, 5.74) is 2.39. The zero-order valence-corrected chi connectivity index (χ0v) is 18.8. The number of rotatable bonds is 8. The van der Waals surface area contributed by atoms with Gasteiger partial charge < -0.3 is 14.8 Å². The first-order chi connectivity index (χ1) is 14.7. The fraction of sp³-hybridized carbons (Fsp3) is 0.478. The molecule has 4 rings (SSSR count). The van der Waals surface area contributed by atoms with E-state index in [-0.39, 0.29) is 0 Å². The average molecular weight is 427 g/mol. The summed E-state index contributed by atoms with van der Waals surface area (Å²) in [7, 11) is 0. The summed E-state index contributed by atoms with van der Waals surface area (Å²) >= 11 is 1.73. The van der Waals surface area contributed by atoms with Crippen LogP contribution in [0.1, 0.15) is 24.0 Å². The standard InChI is InChI=1S/C23H30N4O2S/c1-4-29-19-8-6-18(7-9-19)20-16(2)30-23-21(20)22(25-17(3)26-23)24-10-5-11-27-12-14-28-15-13-27/h6-9H,4-5,10-15H2,1-3H3,(H,24,25,26). The summed E-state index contributed by atoms with van der Waals surface area (Å²) in [6.45, 7) is 12.5. The van der Waals surface area contributed by atoms with Gasteiger partial charge in [-0.3, -0.25) is 4.90 Å². The van der Waals surface area contributed by atoms with Crippen LogP contribution in [0, 0.1) is 13.8 Å². The van der Waals surface area contributed by atoms with Gasteiger partial charge >= 0.3 is 0 Å². The summed E-state index contributed by atoms with van der Waals surface area (Å²) in [6, 6.07) is 8.32. The van der Waals surface area contributed by atoms with E-state index in [0.29, 0.717) is 6.61 Å². The third-order valence-corrected chi connectivity index (χ3v) is 6.34. The van der Waals surface area contributed by atoms with Gasteiger partial charge in [0.1, 0.15) is 22.2 Å². The Morgan fingerprint density at radius 1 is 1.13 bits per heavy atom. The van der Waals surface area contributed by atoms with Crippen molar-refractivity contribution in [1.82, 2.24) is 14.9 Å². The van der Waals surface area contributed by atoms with Crippen molar-refractivity contribution >= 4 is 27.4 Å². The predicted octanol–water partition coefficient (Wildman–Crippen LogP) is 4.51. The van der Waals surface area contributed by atoms with E-state index in [1.165, 1.54) is 16.0 Å². The number of aryl methyl sites for hydroxylation is 2. The lowest BCUT2D eigenvalue weighted by atomic mass is 10.0. The Labute approximate surface area is 182 Å². The van der Waals surface area contributed by atoms with Crippen LogP contribution in [0.25, 0.3) is 21.3 Å². The van der Waals surface area contributed by atoms with E-state index in [4.69, 9.17) is 19.4 Å². The Hall–Kier alpha value is -2.22. The highest BCUT2D eigenvalue weighted by molar-refractivity contribution is 7.19. The van der Waals surface area contributed by atoms with E-state index in [9.17, 15) is 0 Å². The average Bonchev–Trinajstić information content (AvgIpc) is 3.08. The minimum Gasteiger partial charge on any atom is -0.494 e. The van der Waals surface area contributed by atoms with E-state index < -0.39 is 0 Å². The molecule has 6 nitrogen and oxygen atoms in total. The fourth-order valence-electron chi connectivity index (χ4n) is 3.91. The highest BCUT2D eigenvalue weighted by Crippen LogP contribution is 2.41. The van der Waals surface area contributed by atoms with Crippen LogP contribution in [0.4, 0.5) is 5.82 Å². The largest absolute Gasteiger partial charge is 0.494 e. The molecule has 0 unspecified atom stereocenters. The van der Waals surface area contributed by atoms with Crippen molar-refractivity contribution in [2.75, 3.05) is 51.3 Å². The third kappa shape index (κ3) is 4.74. The van der Waals surface area contributed by atoms with Gasteiger partial charge in [-0.05, 0) is 51.4 Å². The number of hydrogen-bond donors (Lipinski definition) is 1. The van der Waals surface area contributed by atoms with Crippen molar-refractivity contribution in [2.45, 2.75) is 27.2 Å².